The van der Waals surface area contributed by atoms with Crippen LogP contribution in [-0.4, -0.2) is 22.7 Å². The van der Waals surface area contributed by atoms with Gasteiger partial charge in [0.25, 0.3) is 5.92 Å². The van der Waals surface area contributed by atoms with Gasteiger partial charge in [0.05, 0.1) is 0 Å². The van der Waals surface area contributed by atoms with Crippen molar-refractivity contribution < 1.29 is 18.3 Å². The summed E-state index contributed by atoms with van der Waals surface area (Å²) >= 11 is 11.5. The maximum atomic E-state index is 14.8. The summed E-state index contributed by atoms with van der Waals surface area (Å²) in [6.45, 7) is 5.32. The monoisotopic (exact) mass is 394 g/mol. The van der Waals surface area contributed by atoms with E-state index in [1.54, 1.807) is 20.8 Å². The van der Waals surface area contributed by atoms with Crippen LogP contribution in [0.15, 0.2) is 12.1 Å². The summed E-state index contributed by atoms with van der Waals surface area (Å²) < 4.78 is 34.7. The number of halogens is 4. The number of amides is 1. The number of hydrogen-bond acceptors (Lipinski definition) is 3. The topological polar surface area (TPSA) is 51.2 Å². The van der Waals surface area contributed by atoms with Crippen LogP contribution in [0.5, 0.6) is 0 Å². The summed E-state index contributed by atoms with van der Waals surface area (Å²) in [4.78, 5) is 15.5. The van der Waals surface area contributed by atoms with Crippen LogP contribution in [0.2, 0.25) is 10.3 Å². The Morgan fingerprint density at radius 3 is 2.16 bits per heavy atom. The van der Waals surface area contributed by atoms with Crippen molar-refractivity contribution in [3.63, 3.8) is 0 Å². The second-order valence-electron chi connectivity index (χ2n) is 7.32. The van der Waals surface area contributed by atoms with Gasteiger partial charge in [0.15, 0.2) is 0 Å². The molecule has 0 unspecified atom stereocenters. The van der Waals surface area contributed by atoms with Gasteiger partial charge in [-0.2, -0.15) is 0 Å². The third kappa shape index (κ3) is 5.68. The molecule has 0 aromatic carbocycles. The third-order valence-electron chi connectivity index (χ3n) is 4.11. The Hall–Kier alpha value is -1.14. The average molecular weight is 395 g/mol. The fourth-order valence-electron chi connectivity index (χ4n) is 2.97. The number of carbonyl (C=O) groups excluding carboxylic acids is 1. The third-order valence-corrected chi connectivity index (χ3v) is 4.50. The lowest BCUT2D eigenvalue weighted by Gasteiger charge is -2.34. The summed E-state index contributed by atoms with van der Waals surface area (Å²) in [5.74, 6) is -3.88. The minimum absolute atomic E-state index is 0.0533. The molecule has 1 fully saturated rings. The molecule has 4 nitrogen and oxygen atoms in total. The number of pyridine rings is 1. The molecule has 8 heteroatoms. The van der Waals surface area contributed by atoms with Gasteiger partial charge in [0, 0.05) is 17.5 Å². The number of nitrogens with zero attached hydrogens (tertiary/aromatic N) is 1. The molecule has 0 spiro atoms. The minimum atomic E-state index is -3.05. The Morgan fingerprint density at radius 2 is 1.68 bits per heavy atom. The Labute approximate surface area is 156 Å². The second kappa shape index (κ2) is 7.62. The van der Waals surface area contributed by atoms with Gasteiger partial charge >= 0.3 is 6.09 Å². The first-order chi connectivity index (χ1) is 11.5. The van der Waals surface area contributed by atoms with E-state index in [1.807, 2.05) is 0 Å². The van der Waals surface area contributed by atoms with Crippen LogP contribution in [0.3, 0.4) is 0 Å². The predicted octanol–water partition coefficient (Wildman–Crippen LogP) is 5.56. The number of carbonyl (C=O) groups is 1. The Bertz CT molecular complexity index is 607. The molecule has 1 aliphatic carbocycles. The molecule has 1 amide bonds. The van der Waals surface area contributed by atoms with Crippen LogP contribution in [0.25, 0.3) is 0 Å². The van der Waals surface area contributed by atoms with Crippen molar-refractivity contribution in [2.75, 3.05) is 0 Å². The van der Waals surface area contributed by atoms with E-state index >= 15 is 0 Å². The van der Waals surface area contributed by atoms with Gasteiger partial charge < -0.3 is 10.1 Å². The van der Waals surface area contributed by atoms with E-state index in [2.05, 4.69) is 10.3 Å². The lowest BCUT2D eigenvalue weighted by molar-refractivity contribution is -0.0800. The van der Waals surface area contributed by atoms with E-state index < -0.39 is 23.5 Å². The van der Waals surface area contributed by atoms with Crippen LogP contribution in [0, 0.1) is 5.92 Å². The molecule has 0 bridgehead atoms. The van der Waals surface area contributed by atoms with E-state index in [0.717, 1.165) is 12.1 Å². The first kappa shape index (κ1) is 20.2. The molecule has 1 saturated carbocycles. The summed E-state index contributed by atoms with van der Waals surface area (Å²) in [5.41, 5.74) is -0.810. The molecule has 2 rings (SSSR count). The maximum Gasteiger partial charge on any atom is 0.407 e. The van der Waals surface area contributed by atoms with Crippen molar-refractivity contribution in [3.8, 4) is 0 Å². The molecule has 1 aromatic heterocycles. The quantitative estimate of drug-likeness (QED) is 0.682. The molecule has 1 aliphatic rings. The molecular formula is C17H22Cl2F2N2O2. The normalized spacial score (nSPS) is 21.7. The number of ether oxygens (including phenoxy) is 1. The number of alkyl halides is 2. The minimum Gasteiger partial charge on any atom is -0.444 e. The molecule has 1 aromatic rings. The highest BCUT2D eigenvalue weighted by Crippen LogP contribution is 2.44. The summed E-state index contributed by atoms with van der Waals surface area (Å²) in [6, 6.07) is 2.14. The Balaban J connectivity index is 1.95. The van der Waals surface area contributed by atoms with Crippen molar-refractivity contribution in [2.24, 2.45) is 5.92 Å². The molecule has 0 radical (unpaired) electrons. The lowest BCUT2D eigenvalue weighted by Crippen LogP contribution is -2.42. The summed E-state index contributed by atoms with van der Waals surface area (Å²) in [6.07, 6.45) is 0.976. The van der Waals surface area contributed by atoms with Crippen molar-refractivity contribution in [2.45, 2.75) is 64.0 Å². The van der Waals surface area contributed by atoms with Gasteiger partial charge in [-0.1, -0.05) is 23.2 Å². The zero-order valence-corrected chi connectivity index (χ0v) is 15.9. The van der Waals surface area contributed by atoms with E-state index in [4.69, 9.17) is 27.9 Å². The van der Waals surface area contributed by atoms with Gasteiger partial charge in [-0.05, 0) is 58.6 Å². The molecule has 25 heavy (non-hydrogen) atoms. The lowest BCUT2D eigenvalue weighted by atomic mass is 9.80. The van der Waals surface area contributed by atoms with E-state index in [-0.39, 0.29) is 34.8 Å². The van der Waals surface area contributed by atoms with Gasteiger partial charge in [0.2, 0.25) is 0 Å². The van der Waals surface area contributed by atoms with Crippen LogP contribution in [0.4, 0.5) is 13.6 Å². The molecule has 0 atom stereocenters. The number of nitrogens with one attached hydrogen (secondary N) is 1. The van der Waals surface area contributed by atoms with Crippen molar-refractivity contribution in [3.05, 3.63) is 28.0 Å². The fourth-order valence-corrected chi connectivity index (χ4v) is 3.43. The van der Waals surface area contributed by atoms with Crippen LogP contribution in [-0.2, 0) is 10.7 Å². The highest BCUT2D eigenvalue weighted by molar-refractivity contribution is 6.32. The van der Waals surface area contributed by atoms with E-state index in [1.165, 1.54) is 0 Å². The summed E-state index contributed by atoms with van der Waals surface area (Å²) in [5, 5.41) is 2.64. The van der Waals surface area contributed by atoms with Crippen molar-refractivity contribution in [1.82, 2.24) is 10.3 Å². The highest BCUT2D eigenvalue weighted by Gasteiger charge is 2.43. The molecule has 0 saturated heterocycles. The summed E-state index contributed by atoms with van der Waals surface area (Å²) in [7, 11) is 0. The average Bonchev–Trinajstić information content (AvgIpc) is 2.44. The van der Waals surface area contributed by atoms with Crippen LogP contribution in [0.1, 0.15) is 52.0 Å². The zero-order valence-electron chi connectivity index (χ0n) is 14.4. The van der Waals surface area contributed by atoms with Crippen LogP contribution < -0.4 is 5.32 Å². The number of alkyl carbamates (subject to hydrolysis) is 1. The Kier molecular flexibility index (Phi) is 6.15. The van der Waals surface area contributed by atoms with Crippen LogP contribution >= 0.6 is 23.2 Å². The smallest absolute Gasteiger partial charge is 0.407 e. The molecular weight excluding hydrogens is 373 g/mol. The first-order valence-corrected chi connectivity index (χ1v) is 8.94. The van der Waals surface area contributed by atoms with Crippen molar-refractivity contribution in [1.29, 1.82) is 0 Å². The highest BCUT2D eigenvalue weighted by atomic mass is 35.5. The number of rotatable bonds is 3. The standard InChI is InChI=1S/C17H22Cl2F2N2O2/c1-16(2,3)25-15(24)22-12-6-4-10(5-7-12)17(20,21)11-8-13(18)23-14(19)9-11/h8-10,12H,4-7H2,1-3H3,(H,22,24). The number of hydrogen-bond donors (Lipinski definition) is 1. The maximum absolute atomic E-state index is 14.8. The SMILES string of the molecule is CC(C)(C)OC(=O)NC1CCC(C(F)(F)c2cc(Cl)nc(Cl)c2)CC1. The van der Waals surface area contributed by atoms with Gasteiger partial charge in [0.1, 0.15) is 15.9 Å². The largest absolute Gasteiger partial charge is 0.444 e. The van der Waals surface area contributed by atoms with Gasteiger partial charge in [-0.3, -0.25) is 0 Å². The predicted molar refractivity (Wildman–Crippen MR) is 93.3 cm³/mol. The first-order valence-electron chi connectivity index (χ1n) is 8.18. The molecule has 0 aliphatic heterocycles. The number of aromatic nitrogens is 1. The zero-order chi connectivity index (χ0) is 18.8. The molecule has 1 N–H and O–H groups in total. The Morgan fingerprint density at radius 1 is 1.16 bits per heavy atom. The van der Waals surface area contributed by atoms with Crippen molar-refractivity contribution >= 4 is 29.3 Å². The van der Waals surface area contributed by atoms with E-state index in [9.17, 15) is 13.6 Å². The van der Waals surface area contributed by atoms with E-state index in [0.29, 0.717) is 12.8 Å². The second-order valence-corrected chi connectivity index (χ2v) is 8.09. The van der Waals surface area contributed by atoms with Gasteiger partial charge in [-0.25, -0.2) is 18.6 Å². The fraction of sp³-hybridized carbons (Fsp3) is 0.647. The molecule has 140 valence electrons. The molecule has 1 heterocycles. The van der Waals surface area contributed by atoms with Gasteiger partial charge in [-0.15, -0.1) is 0 Å².